The van der Waals surface area contributed by atoms with Crippen molar-refractivity contribution in [2.45, 2.75) is 25.9 Å². The molecule has 1 unspecified atom stereocenters. The average Bonchev–Trinajstić information content (AvgIpc) is 2.95. The molecule has 1 aliphatic rings. The maximum atomic E-state index is 10.0. The van der Waals surface area contributed by atoms with Crippen molar-refractivity contribution in [3.63, 3.8) is 0 Å². The molecule has 0 spiro atoms. The van der Waals surface area contributed by atoms with E-state index in [1.165, 1.54) is 0 Å². The molecule has 0 aliphatic heterocycles. The van der Waals surface area contributed by atoms with E-state index in [0.717, 1.165) is 28.6 Å². The van der Waals surface area contributed by atoms with Gasteiger partial charge in [-0.3, -0.25) is 4.98 Å². The van der Waals surface area contributed by atoms with Crippen LogP contribution in [0.4, 0.5) is 0 Å². The van der Waals surface area contributed by atoms with E-state index in [1.807, 2.05) is 6.92 Å². The SMILES string of the molecule is [B]c1cnc(C)c(Br)c1C(O)C1CC1. The van der Waals surface area contributed by atoms with Gasteiger partial charge in [0.25, 0.3) is 0 Å². The number of aliphatic hydroxyl groups is 1. The van der Waals surface area contributed by atoms with Gasteiger partial charge in [-0.1, -0.05) is 5.46 Å². The van der Waals surface area contributed by atoms with Gasteiger partial charge in [0, 0.05) is 10.7 Å². The number of nitrogens with zero attached hydrogens (tertiary/aromatic N) is 1. The second kappa shape index (κ2) is 3.67. The minimum absolute atomic E-state index is 0.385. The highest BCUT2D eigenvalue weighted by atomic mass is 79.9. The predicted octanol–water partition coefficient (Wildman–Crippen LogP) is 1.39. The average molecular weight is 252 g/mol. The summed E-state index contributed by atoms with van der Waals surface area (Å²) in [6.45, 7) is 1.90. The second-order valence-corrected chi connectivity index (χ2v) is 4.60. The summed E-state index contributed by atoms with van der Waals surface area (Å²) >= 11 is 3.43. The number of hydrogen-bond acceptors (Lipinski definition) is 2. The maximum absolute atomic E-state index is 10.0. The van der Waals surface area contributed by atoms with Crippen LogP contribution in [0.3, 0.4) is 0 Å². The van der Waals surface area contributed by atoms with Gasteiger partial charge in [-0.25, -0.2) is 0 Å². The molecule has 1 fully saturated rings. The number of rotatable bonds is 2. The summed E-state index contributed by atoms with van der Waals surface area (Å²) in [6.07, 6.45) is 3.36. The van der Waals surface area contributed by atoms with Crippen LogP contribution < -0.4 is 5.46 Å². The minimum Gasteiger partial charge on any atom is -0.388 e. The summed E-state index contributed by atoms with van der Waals surface area (Å²) in [4.78, 5) is 4.12. The predicted molar refractivity (Wildman–Crippen MR) is 59.7 cm³/mol. The zero-order valence-electron chi connectivity index (χ0n) is 8.00. The van der Waals surface area contributed by atoms with Crippen LogP contribution in [0.15, 0.2) is 10.7 Å². The molecule has 0 saturated heterocycles. The van der Waals surface area contributed by atoms with Gasteiger partial charge in [0.2, 0.25) is 0 Å². The molecular formula is C10H11BBrNO. The van der Waals surface area contributed by atoms with E-state index >= 15 is 0 Å². The lowest BCUT2D eigenvalue weighted by atomic mass is 9.88. The highest BCUT2D eigenvalue weighted by Gasteiger charge is 2.32. The molecule has 1 heterocycles. The molecule has 1 saturated carbocycles. The van der Waals surface area contributed by atoms with Gasteiger partial charge in [0.15, 0.2) is 0 Å². The largest absolute Gasteiger partial charge is 0.388 e. The van der Waals surface area contributed by atoms with E-state index in [4.69, 9.17) is 7.85 Å². The molecule has 1 atom stereocenters. The Morgan fingerprint density at radius 2 is 2.29 bits per heavy atom. The molecule has 0 aromatic carbocycles. The molecule has 0 amide bonds. The van der Waals surface area contributed by atoms with Gasteiger partial charge in [-0.15, -0.1) is 0 Å². The molecule has 2 nitrogen and oxygen atoms in total. The van der Waals surface area contributed by atoms with Gasteiger partial charge in [-0.2, -0.15) is 0 Å². The molecule has 72 valence electrons. The highest BCUT2D eigenvalue weighted by molar-refractivity contribution is 9.10. The first kappa shape index (κ1) is 10.2. The fourth-order valence-corrected chi connectivity index (χ4v) is 2.13. The summed E-state index contributed by atoms with van der Waals surface area (Å²) in [6, 6.07) is 0. The first-order chi connectivity index (χ1) is 6.61. The summed E-state index contributed by atoms with van der Waals surface area (Å²) < 4.78 is 0.844. The van der Waals surface area contributed by atoms with E-state index in [9.17, 15) is 5.11 Å². The lowest BCUT2D eigenvalue weighted by Crippen LogP contribution is -2.18. The first-order valence-corrected chi connectivity index (χ1v) is 5.49. The molecule has 4 heteroatoms. The number of hydrogen-bond donors (Lipinski definition) is 1. The number of aliphatic hydroxyl groups excluding tert-OH is 1. The van der Waals surface area contributed by atoms with Crippen LogP contribution in [0, 0.1) is 12.8 Å². The molecule has 1 aromatic rings. The van der Waals surface area contributed by atoms with Crippen molar-refractivity contribution in [3.8, 4) is 0 Å². The molecule has 2 rings (SSSR count). The van der Waals surface area contributed by atoms with Crippen molar-refractivity contribution in [3.05, 3.63) is 21.9 Å². The van der Waals surface area contributed by atoms with Crippen LogP contribution in [0.25, 0.3) is 0 Å². The Morgan fingerprint density at radius 3 is 2.86 bits per heavy atom. The minimum atomic E-state index is -0.439. The van der Waals surface area contributed by atoms with Crippen LogP contribution in [-0.2, 0) is 0 Å². The summed E-state index contributed by atoms with van der Waals surface area (Å²) in [5, 5.41) is 10.0. The smallest absolute Gasteiger partial charge is 0.116 e. The lowest BCUT2D eigenvalue weighted by Gasteiger charge is -2.16. The van der Waals surface area contributed by atoms with Crippen LogP contribution in [0.2, 0.25) is 0 Å². The lowest BCUT2D eigenvalue weighted by molar-refractivity contribution is 0.154. The number of aryl methyl sites for hydroxylation is 1. The standard InChI is InChI=1S/C10H11BBrNO/c1-5-9(12)8(7(11)4-13-5)10(14)6-2-3-6/h4,6,10,14H,2-3H2,1H3. The van der Waals surface area contributed by atoms with Crippen molar-refractivity contribution in [1.82, 2.24) is 4.98 Å². The van der Waals surface area contributed by atoms with Gasteiger partial charge >= 0.3 is 0 Å². The van der Waals surface area contributed by atoms with E-state index in [2.05, 4.69) is 20.9 Å². The second-order valence-electron chi connectivity index (χ2n) is 3.81. The molecule has 2 radical (unpaired) electrons. The Morgan fingerprint density at radius 1 is 1.64 bits per heavy atom. The Labute approximate surface area is 93.3 Å². The molecule has 14 heavy (non-hydrogen) atoms. The third-order valence-corrected chi connectivity index (χ3v) is 3.63. The van der Waals surface area contributed by atoms with Crippen molar-refractivity contribution >= 4 is 29.2 Å². The van der Waals surface area contributed by atoms with Crippen molar-refractivity contribution in [2.24, 2.45) is 5.92 Å². The molecule has 0 bridgehead atoms. The van der Waals surface area contributed by atoms with Crippen LogP contribution in [0.5, 0.6) is 0 Å². The fourth-order valence-electron chi connectivity index (χ4n) is 1.56. The number of halogens is 1. The first-order valence-electron chi connectivity index (χ1n) is 4.69. The van der Waals surface area contributed by atoms with E-state index in [0.29, 0.717) is 11.4 Å². The highest BCUT2D eigenvalue weighted by Crippen LogP contribution is 2.42. The maximum Gasteiger partial charge on any atom is 0.116 e. The zero-order valence-corrected chi connectivity index (χ0v) is 9.58. The summed E-state index contributed by atoms with van der Waals surface area (Å²) in [7, 11) is 5.80. The monoisotopic (exact) mass is 251 g/mol. The van der Waals surface area contributed by atoms with Crippen LogP contribution >= 0.6 is 15.9 Å². The molecule has 1 N–H and O–H groups in total. The Hall–Kier alpha value is -0.345. The van der Waals surface area contributed by atoms with Crippen molar-refractivity contribution in [2.75, 3.05) is 0 Å². The summed E-state index contributed by atoms with van der Waals surface area (Å²) in [5.74, 6) is 0.385. The Kier molecular flexibility index (Phi) is 2.67. The third-order valence-electron chi connectivity index (χ3n) is 2.63. The molecular weight excluding hydrogens is 241 g/mol. The molecule has 1 aliphatic carbocycles. The van der Waals surface area contributed by atoms with E-state index in [-0.39, 0.29) is 0 Å². The zero-order chi connectivity index (χ0) is 10.3. The topological polar surface area (TPSA) is 33.1 Å². The van der Waals surface area contributed by atoms with Gasteiger partial charge in [0.05, 0.1) is 11.8 Å². The van der Waals surface area contributed by atoms with Crippen LogP contribution in [-0.4, -0.2) is 17.9 Å². The summed E-state index contributed by atoms with van der Waals surface area (Å²) in [5.41, 5.74) is 2.25. The van der Waals surface area contributed by atoms with Crippen LogP contribution in [0.1, 0.15) is 30.2 Å². The third kappa shape index (κ3) is 1.73. The Balaban J connectivity index is 2.43. The van der Waals surface area contributed by atoms with Gasteiger partial charge in [0.1, 0.15) is 7.85 Å². The molecule has 1 aromatic heterocycles. The van der Waals surface area contributed by atoms with E-state index in [1.54, 1.807) is 6.20 Å². The number of pyridine rings is 1. The Bertz CT molecular complexity index is 365. The van der Waals surface area contributed by atoms with Crippen molar-refractivity contribution < 1.29 is 5.11 Å². The fraction of sp³-hybridized carbons (Fsp3) is 0.500. The van der Waals surface area contributed by atoms with Gasteiger partial charge < -0.3 is 5.11 Å². The van der Waals surface area contributed by atoms with Gasteiger partial charge in [-0.05, 0) is 47.2 Å². The normalized spacial score (nSPS) is 18.2. The van der Waals surface area contributed by atoms with E-state index < -0.39 is 6.10 Å². The van der Waals surface area contributed by atoms with Crippen molar-refractivity contribution in [1.29, 1.82) is 0 Å². The number of aromatic nitrogens is 1. The quantitative estimate of drug-likeness (QED) is 0.806.